The monoisotopic (exact) mass is 152 g/mol. The summed E-state index contributed by atoms with van der Waals surface area (Å²) >= 11 is 1.86. The SMILES string of the molecule is C[n+]1csc2c1CC=CC2. The topological polar surface area (TPSA) is 3.88 Å². The molecular formula is C8H10NS+. The molecule has 0 amide bonds. The lowest BCUT2D eigenvalue weighted by molar-refractivity contribution is -0.674. The van der Waals surface area contributed by atoms with Crippen molar-refractivity contribution in [3.8, 4) is 0 Å². The number of hydrogen-bond acceptors (Lipinski definition) is 1. The van der Waals surface area contributed by atoms with Gasteiger partial charge in [0.25, 0.3) is 0 Å². The third kappa shape index (κ3) is 0.797. The molecule has 0 spiro atoms. The Morgan fingerprint density at radius 2 is 2.20 bits per heavy atom. The first-order valence-corrected chi connectivity index (χ1v) is 4.36. The molecule has 0 aliphatic heterocycles. The molecule has 10 heavy (non-hydrogen) atoms. The van der Waals surface area contributed by atoms with E-state index < -0.39 is 0 Å². The van der Waals surface area contributed by atoms with E-state index in [2.05, 4.69) is 29.3 Å². The Balaban J connectivity index is 2.50. The fourth-order valence-corrected chi connectivity index (χ4v) is 2.25. The van der Waals surface area contributed by atoms with Crippen LogP contribution in [0, 0.1) is 0 Å². The van der Waals surface area contributed by atoms with Crippen LogP contribution in [0.3, 0.4) is 0 Å². The van der Waals surface area contributed by atoms with Crippen molar-refractivity contribution < 1.29 is 4.57 Å². The highest BCUT2D eigenvalue weighted by atomic mass is 32.1. The van der Waals surface area contributed by atoms with Crippen LogP contribution in [0.25, 0.3) is 0 Å². The van der Waals surface area contributed by atoms with Gasteiger partial charge in [-0.1, -0.05) is 23.5 Å². The predicted octanol–water partition coefficient (Wildman–Crippen LogP) is 1.23. The van der Waals surface area contributed by atoms with Crippen molar-refractivity contribution in [2.75, 3.05) is 0 Å². The molecule has 0 N–H and O–H groups in total. The third-order valence-electron chi connectivity index (χ3n) is 1.88. The predicted molar refractivity (Wildman–Crippen MR) is 42.0 cm³/mol. The Hall–Kier alpha value is -0.630. The molecule has 0 aromatic carbocycles. The largest absolute Gasteiger partial charge is 0.224 e. The Bertz CT molecular complexity index is 273. The number of thiazole rings is 1. The van der Waals surface area contributed by atoms with Gasteiger partial charge in [-0.3, -0.25) is 0 Å². The minimum absolute atomic E-state index is 1.12. The van der Waals surface area contributed by atoms with Gasteiger partial charge >= 0.3 is 0 Å². The van der Waals surface area contributed by atoms with Crippen LogP contribution in [-0.2, 0) is 19.9 Å². The highest BCUT2D eigenvalue weighted by Gasteiger charge is 2.16. The van der Waals surface area contributed by atoms with Crippen LogP contribution in [-0.4, -0.2) is 0 Å². The maximum Gasteiger partial charge on any atom is 0.224 e. The minimum Gasteiger partial charge on any atom is -0.195 e. The number of fused-ring (bicyclic) bond motifs is 1. The standard InChI is InChI=1S/C8H10NS/c1-9-6-10-8-5-3-2-4-7(8)9/h2-3,6H,4-5H2,1H3/q+1. The van der Waals surface area contributed by atoms with E-state index in [1.54, 1.807) is 0 Å². The summed E-state index contributed by atoms with van der Waals surface area (Å²) in [5.74, 6) is 0. The molecule has 1 aromatic heterocycles. The smallest absolute Gasteiger partial charge is 0.195 e. The first-order chi connectivity index (χ1) is 4.88. The normalized spacial score (nSPS) is 15.3. The van der Waals surface area contributed by atoms with E-state index in [0.29, 0.717) is 0 Å². The van der Waals surface area contributed by atoms with E-state index in [1.165, 1.54) is 10.6 Å². The summed E-state index contributed by atoms with van der Waals surface area (Å²) in [6.45, 7) is 0. The van der Waals surface area contributed by atoms with Crippen LogP contribution in [0.15, 0.2) is 17.7 Å². The zero-order chi connectivity index (χ0) is 6.97. The molecular weight excluding hydrogens is 142 g/mol. The number of nitrogens with zero attached hydrogens (tertiary/aromatic N) is 1. The molecule has 0 fully saturated rings. The second-order valence-corrected chi connectivity index (χ2v) is 3.52. The van der Waals surface area contributed by atoms with Crippen molar-refractivity contribution in [1.82, 2.24) is 0 Å². The van der Waals surface area contributed by atoms with Crippen LogP contribution in [0.2, 0.25) is 0 Å². The lowest BCUT2D eigenvalue weighted by atomic mass is 10.1. The van der Waals surface area contributed by atoms with Crippen LogP contribution >= 0.6 is 11.3 Å². The summed E-state index contributed by atoms with van der Waals surface area (Å²) in [5, 5.41) is 0. The van der Waals surface area contributed by atoms with Crippen molar-refractivity contribution in [3.63, 3.8) is 0 Å². The van der Waals surface area contributed by atoms with E-state index in [1.807, 2.05) is 11.3 Å². The van der Waals surface area contributed by atoms with Crippen molar-refractivity contribution in [3.05, 3.63) is 28.2 Å². The summed E-state index contributed by atoms with van der Waals surface area (Å²) in [5.41, 5.74) is 3.67. The van der Waals surface area contributed by atoms with Gasteiger partial charge < -0.3 is 0 Å². The van der Waals surface area contributed by atoms with Crippen LogP contribution in [0.4, 0.5) is 0 Å². The fourth-order valence-electron chi connectivity index (χ4n) is 1.28. The third-order valence-corrected chi connectivity index (χ3v) is 2.99. The molecule has 1 heterocycles. The molecule has 0 unspecified atom stereocenters. The van der Waals surface area contributed by atoms with Gasteiger partial charge in [0.2, 0.25) is 5.51 Å². The molecule has 1 aliphatic rings. The summed E-state index contributed by atoms with van der Waals surface area (Å²) in [4.78, 5) is 1.53. The van der Waals surface area contributed by atoms with Gasteiger partial charge in [0.05, 0.1) is 11.3 Å². The lowest BCUT2D eigenvalue weighted by Gasteiger charge is -1.98. The molecule has 2 heteroatoms. The first-order valence-electron chi connectivity index (χ1n) is 3.48. The Morgan fingerprint density at radius 3 is 3.00 bits per heavy atom. The van der Waals surface area contributed by atoms with Gasteiger partial charge in [-0.2, -0.15) is 4.57 Å². The average molecular weight is 152 g/mol. The van der Waals surface area contributed by atoms with Crippen molar-refractivity contribution in [1.29, 1.82) is 0 Å². The Morgan fingerprint density at radius 1 is 1.40 bits per heavy atom. The zero-order valence-corrected chi connectivity index (χ0v) is 6.82. The molecule has 0 saturated heterocycles. The van der Waals surface area contributed by atoms with Crippen molar-refractivity contribution in [2.24, 2.45) is 7.05 Å². The van der Waals surface area contributed by atoms with Gasteiger partial charge in [0.1, 0.15) is 7.05 Å². The molecule has 1 aromatic rings. The van der Waals surface area contributed by atoms with Gasteiger partial charge in [0.15, 0.2) is 5.69 Å². The fraction of sp³-hybridized carbons (Fsp3) is 0.375. The van der Waals surface area contributed by atoms with Gasteiger partial charge in [-0.25, -0.2) is 0 Å². The molecule has 1 nitrogen and oxygen atoms in total. The van der Waals surface area contributed by atoms with Gasteiger partial charge in [-0.15, -0.1) is 0 Å². The van der Waals surface area contributed by atoms with E-state index in [9.17, 15) is 0 Å². The van der Waals surface area contributed by atoms with E-state index in [0.717, 1.165) is 12.8 Å². The zero-order valence-electron chi connectivity index (χ0n) is 6.00. The Labute approximate surface area is 64.6 Å². The maximum absolute atomic E-state index is 2.25. The van der Waals surface area contributed by atoms with E-state index >= 15 is 0 Å². The van der Waals surface area contributed by atoms with Crippen molar-refractivity contribution >= 4 is 11.3 Å². The summed E-state index contributed by atoms with van der Waals surface area (Å²) in [6, 6.07) is 0. The highest BCUT2D eigenvalue weighted by molar-refractivity contribution is 7.09. The quantitative estimate of drug-likeness (QED) is 0.389. The highest BCUT2D eigenvalue weighted by Crippen LogP contribution is 2.17. The maximum atomic E-state index is 2.25. The molecule has 52 valence electrons. The van der Waals surface area contributed by atoms with Gasteiger partial charge in [0, 0.05) is 6.42 Å². The van der Waals surface area contributed by atoms with Crippen molar-refractivity contribution in [2.45, 2.75) is 12.8 Å². The van der Waals surface area contributed by atoms with Crippen LogP contribution in [0.1, 0.15) is 10.6 Å². The molecule has 0 bridgehead atoms. The van der Waals surface area contributed by atoms with E-state index in [-0.39, 0.29) is 0 Å². The van der Waals surface area contributed by atoms with Crippen LogP contribution in [0.5, 0.6) is 0 Å². The molecule has 1 aliphatic carbocycles. The first kappa shape index (κ1) is 6.10. The number of rotatable bonds is 0. The van der Waals surface area contributed by atoms with Gasteiger partial charge in [-0.05, 0) is 0 Å². The number of aromatic nitrogens is 1. The lowest BCUT2D eigenvalue weighted by Crippen LogP contribution is -2.30. The van der Waals surface area contributed by atoms with E-state index in [4.69, 9.17) is 0 Å². The number of hydrogen-bond donors (Lipinski definition) is 0. The summed E-state index contributed by atoms with van der Waals surface area (Å²) in [6.07, 6.45) is 6.75. The van der Waals surface area contributed by atoms with Crippen LogP contribution < -0.4 is 4.57 Å². The number of aryl methyl sites for hydroxylation is 1. The molecule has 0 saturated carbocycles. The second kappa shape index (κ2) is 2.20. The molecule has 2 rings (SSSR count). The molecule has 0 atom stereocenters. The number of allylic oxidation sites excluding steroid dienone is 2. The Kier molecular flexibility index (Phi) is 1.34. The molecule has 0 radical (unpaired) electrons. The minimum atomic E-state index is 1.12. The summed E-state index contributed by atoms with van der Waals surface area (Å²) < 4.78 is 2.23. The second-order valence-electron chi connectivity index (χ2n) is 2.58. The average Bonchev–Trinajstić information content (AvgIpc) is 2.34. The summed E-state index contributed by atoms with van der Waals surface area (Å²) in [7, 11) is 2.12.